The summed E-state index contributed by atoms with van der Waals surface area (Å²) in [5.74, 6) is 7.14. The molecule has 3 N–H and O–H groups in total. The van der Waals surface area contributed by atoms with E-state index in [-0.39, 0.29) is 11.8 Å². The summed E-state index contributed by atoms with van der Waals surface area (Å²) in [5.41, 5.74) is 3.46. The second-order valence-corrected chi connectivity index (χ2v) is 12.2. The summed E-state index contributed by atoms with van der Waals surface area (Å²) in [6.45, 7) is 2.02. The number of anilines is 4. The van der Waals surface area contributed by atoms with E-state index in [9.17, 15) is 4.79 Å². The Balaban J connectivity index is 1.08. The van der Waals surface area contributed by atoms with Crippen LogP contribution in [0.1, 0.15) is 48.0 Å². The van der Waals surface area contributed by atoms with Crippen LogP contribution in [0.15, 0.2) is 42.5 Å². The highest BCUT2D eigenvalue weighted by Gasteiger charge is 2.65. The van der Waals surface area contributed by atoms with E-state index in [2.05, 4.69) is 50.0 Å². The molecule has 2 aromatic carbocycles. The van der Waals surface area contributed by atoms with Crippen LogP contribution in [0.2, 0.25) is 0 Å². The number of benzene rings is 2. The lowest BCUT2D eigenvalue weighted by Gasteiger charge is -2.28. The van der Waals surface area contributed by atoms with Crippen LogP contribution in [0.4, 0.5) is 23.1 Å². The largest absolute Gasteiger partial charge is 0.497 e. The average Bonchev–Trinajstić information content (AvgIpc) is 3.89. The van der Waals surface area contributed by atoms with Gasteiger partial charge in [-0.25, -0.2) is 9.97 Å². The maximum atomic E-state index is 13.1. The first kappa shape index (κ1) is 23.1. The van der Waals surface area contributed by atoms with E-state index in [1.54, 1.807) is 7.11 Å². The predicted octanol–water partition coefficient (Wildman–Crippen LogP) is 4.91. The molecule has 2 aromatic heterocycles. The van der Waals surface area contributed by atoms with Gasteiger partial charge in [0.05, 0.1) is 18.0 Å². The lowest BCUT2D eigenvalue weighted by atomic mass is 9.91. The summed E-state index contributed by atoms with van der Waals surface area (Å²) >= 11 is 1.99. The standard InChI is InChI=1S/C29H29N7O2S/c1-38-18-5-7-22-20(13-18)29(28(37)30-22)15-21(29)17-4-6-19-23(12-17)34-35-27(19)32-24-14-25(36-8-10-39-11-9-36)33-26(31-24)16-2-3-16/h4-7,12-14,16,21H,2-3,8-11,15H2,1H3,(H,30,37)(H2,31,32,33,34,35)/t21?,29-/m0/s1. The van der Waals surface area contributed by atoms with E-state index in [0.717, 1.165) is 101 Å². The van der Waals surface area contributed by atoms with Crippen LogP contribution in [-0.2, 0) is 10.2 Å². The number of hydrogen-bond acceptors (Lipinski definition) is 8. The summed E-state index contributed by atoms with van der Waals surface area (Å²) in [6.07, 6.45) is 3.10. The number of ether oxygens (including phenoxy) is 1. The molecule has 0 bridgehead atoms. The number of carbonyl (C=O) groups excluding carboxylic acids is 1. The molecule has 2 aliphatic heterocycles. The van der Waals surface area contributed by atoms with Crippen molar-refractivity contribution in [2.24, 2.45) is 0 Å². The smallest absolute Gasteiger partial charge is 0.235 e. The van der Waals surface area contributed by atoms with E-state index in [1.807, 2.05) is 30.0 Å². The molecule has 10 heteroatoms. The summed E-state index contributed by atoms with van der Waals surface area (Å²) in [4.78, 5) is 25.2. The lowest BCUT2D eigenvalue weighted by molar-refractivity contribution is -0.118. The van der Waals surface area contributed by atoms with Crippen LogP contribution in [0.5, 0.6) is 5.75 Å². The van der Waals surface area contributed by atoms with Gasteiger partial charge in [0.25, 0.3) is 0 Å². The van der Waals surface area contributed by atoms with Crippen molar-refractivity contribution in [3.8, 4) is 5.75 Å². The molecule has 2 saturated carbocycles. The molecule has 1 amide bonds. The van der Waals surface area contributed by atoms with Gasteiger partial charge in [0.1, 0.15) is 23.2 Å². The predicted molar refractivity (Wildman–Crippen MR) is 154 cm³/mol. The number of aromatic nitrogens is 4. The Bertz CT molecular complexity index is 1630. The Kier molecular flexibility index (Phi) is 5.10. The van der Waals surface area contributed by atoms with Gasteiger partial charge in [0.2, 0.25) is 5.91 Å². The zero-order valence-corrected chi connectivity index (χ0v) is 22.5. The van der Waals surface area contributed by atoms with Crippen molar-refractivity contribution < 1.29 is 9.53 Å². The molecule has 8 rings (SSSR count). The highest BCUT2D eigenvalue weighted by molar-refractivity contribution is 7.99. The normalized spacial score (nSPS) is 23.7. The third-order valence-electron chi connectivity index (χ3n) is 8.56. The molecule has 39 heavy (non-hydrogen) atoms. The fourth-order valence-electron chi connectivity index (χ4n) is 6.16. The molecular weight excluding hydrogens is 510 g/mol. The van der Waals surface area contributed by atoms with Gasteiger partial charge >= 0.3 is 0 Å². The van der Waals surface area contributed by atoms with Crippen LogP contribution in [-0.4, -0.2) is 57.8 Å². The van der Waals surface area contributed by atoms with Gasteiger partial charge < -0.3 is 20.3 Å². The number of thioether (sulfide) groups is 1. The van der Waals surface area contributed by atoms with E-state index in [1.165, 1.54) is 0 Å². The first-order valence-corrected chi connectivity index (χ1v) is 14.7. The number of methoxy groups -OCH3 is 1. The van der Waals surface area contributed by atoms with Crippen LogP contribution >= 0.6 is 11.8 Å². The van der Waals surface area contributed by atoms with E-state index < -0.39 is 5.41 Å². The van der Waals surface area contributed by atoms with Crippen molar-refractivity contribution in [2.45, 2.75) is 36.5 Å². The molecule has 3 fully saturated rings. The van der Waals surface area contributed by atoms with Crippen LogP contribution < -0.4 is 20.3 Å². The van der Waals surface area contributed by atoms with Crippen LogP contribution in [0.3, 0.4) is 0 Å². The molecule has 1 spiro atoms. The molecule has 1 saturated heterocycles. The maximum absolute atomic E-state index is 13.1. The van der Waals surface area contributed by atoms with Gasteiger partial charge in [-0.15, -0.1) is 0 Å². The zero-order valence-electron chi connectivity index (χ0n) is 21.7. The van der Waals surface area contributed by atoms with Gasteiger partial charge in [-0.3, -0.25) is 9.89 Å². The Morgan fingerprint density at radius 1 is 1.10 bits per heavy atom. The molecular formula is C29H29N7O2S. The number of aromatic amines is 1. The number of fused-ring (bicyclic) bond motifs is 3. The molecule has 4 aromatic rings. The lowest BCUT2D eigenvalue weighted by Crippen LogP contribution is -2.33. The minimum absolute atomic E-state index is 0.0705. The number of rotatable bonds is 6. The topological polar surface area (TPSA) is 108 Å². The summed E-state index contributed by atoms with van der Waals surface area (Å²) in [6, 6.07) is 14.2. The molecule has 1 unspecified atom stereocenters. The van der Waals surface area contributed by atoms with E-state index in [4.69, 9.17) is 14.7 Å². The fourth-order valence-corrected chi connectivity index (χ4v) is 7.07. The van der Waals surface area contributed by atoms with Gasteiger partial charge in [0.15, 0.2) is 5.82 Å². The molecule has 9 nitrogen and oxygen atoms in total. The first-order valence-electron chi connectivity index (χ1n) is 13.6. The van der Waals surface area contributed by atoms with Crippen molar-refractivity contribution in [3.63, 3.8) is 0 Å². The fraction of sp³-hybridized carbons (Fsp3) is 0.379. The minimum Gasteiger partial charge on any atom is -0.497 e. The first-order chi connectivity index (χ1) is 19.1. The monoisotopic (exact) mass is 539 g/mol. The molecule has 198 valence electrons. The van der Waals surface area contributed by atoms with E-state index >= 15 is 0 Å². The SMILES string of the molecule is COc1ccc2c(c1)[C@]1(CC1c1ccc3c(Nc4cc(N5CCSCC5)nc(C5CC5)n4)n[nH]c3c1)C(=O)N2. The Hall–Kier alpha value is -3.79. The molecule has 4 aliphatic rings. The van der Waals surface area contributed by atoms with E-state index in [0.29, 0.717) is 5.92 Å². The van der Waals surface area contributed by atoms with Gasteiger partial charge in [-0.1, -0.05) is 6.07 Å². The Morgan fingerprint density at radius 2 is 1.97 bits per heavy atom. The molecule has 2 atom stereocenters. The zero-order chi connectivity index (χ0) is 26.1. The third kappa shape index (κ3) is 3.76. The summed E-state index contributed by atoms with van der Waals surface area (Å²) in [5, 5.41) is 15.3. The quantitative estimate of drug-likeness (QED) is 0.317. The second kappa shape index (κ2) is 8.61. The minimum atomic E-state index is -0.526. The average molecular weight is 540 g/mol. The molecule has 2 aliphatic carbocycles. The highest BCUT2D eigenvalue weighted by Crippen LogP contribution is 2.65. The second-order valence-electron chi connectivity index (χ2n) is 10.9. The molecule has 4 heterocycles. The Labute approximate surface area is 230 Å². The van der Waals surface area contributed by atoms with Crippen LogP contribution in [0, 0.1) is 0 Å². The maximum Gasteiger partial charge on any atom is 0.235 e. The van der Waals surface area contributed by atoms with Gasteiger partial charge in [-0.05, 0) is 60.7 Å². The number of hydrogen-bond donors (Lipinski definition) is 3. The van der Waals surface area contributed by atoms with Crippen molar-refractivity contribution in [2.75, 3.05) is 47.2 Å². The van der Waals surface area contributed by atoms with Crippen LogP contribution in [0.25, 0.3) is 10.9 Å². The van der Waals surface area contributed by atoms with Gasteiger partial charge in [0, 0.05) is 53.6 Å². The van der Waals surface area contributed by atoms with Gasteiger partial charge in [-0.2, -0.15) is 16.9 Å². The number of nitrogens with zero attached hydrogens (tertiary/aromatic N) is 4. The number of amides is 1. The van der Waals surface area contributed by atoms with Crippen molar-refractivity contribution in [1.82, 2.24) is 20.2 Å². The highest BCUT2D eigenvalue weighted by atomic mass is 32.2. The van der Waals surface area contributed by atoms with Crippen molar-refractivity contribution in [3.05, 3.63) is 59.4 Å². The third-order valence-corrected chi connectivity index (χ3v) is 9.51. The van der Waals surface area contributed by atoms with Crippen molar-refractivity contribution >= 4 is 51.7 Å². The summed E-state index contributed by atoms with van der Waals surface area (Å²) < 4.78 is 5.44. The number of carbonyl (C=O) groups is 1. The summed E-state index contributed by atoms with van der Waals surface area (Å²) in [7, 11) is 1.66. The van der Waals surface area contributed by atoms with Crippen molar-refractivity contribution in [1.29, 1.82) is 0 Å². The number of nitrogens with one attached hydrogen (secondary N) is 3. The Morgan fingerprint density at radius 3 is 2.79 bits per heavy atom. The molecule has 0 radical (unpaired) electrons. The number of H-pyrrole nitrogens is 1.